The standard InChI is InChI=1S/C14H18N2O/c1-10-3-4-11(2)12(7-10)8-13(17)9-14-15-5-6-16-14/h3-7,13,17H,8-9H2,1-2H3,(H,15,16). The van der Waals surface area contributed by atoms with Crippen molar-refractivity contribution in [1.29, 1.82) is 0 Å². The smallest absolute Gasteiger partial charge is 0.108 e. The van der Waals surface area contributed by atoms with Gasteiger partial charge < -0.3 is 10.1 Å². The summed E-state index contributed by atoms with van der Waals surface area (Å²) >= 11 is 0. The normalized spacial score (nSPS) is 12.6. The van der Waals surface area contributed by atoms with Gasteiger partial charge in [0.05, 0.1) is 6.10 Å². The molecule has 90 valence electrons. The Labute approximate surface area is 102 Å². The van der Waals surface area contributed by atoms with Crippen molar-refractivity contribution in [3.05, 3.63) is 53.1 Å². The van der Waals surface area contributed by atoms with Crippen molar-refractivity contribution in [2.45, 2.75) is 32.8 Å². The molecule has 3 heteroatoms. The molecule has 1 aromatic carbocycles. The predicted molar refractivity (Wildman–Crippen MR) is 67.9 cm³/mol. The minimum absolute atomic E-state index is 0.387. The predicted octanol–water partition coefficient (Wildman–Crippen LogP) is 2.17. The molecular formula is C14H18N2O. The van der Waals surface area contributed by atoms with E-state index in [1.807, 2.05) is 0 Å². The van der Waals surface area contributed by atoms with Crippen molar-refractivity contribution in [3.63, 3.8) is 0 Å². The van der Waals surface area contributed by atoms with Crippen LogP contribution in [0.5, 0.6) is 0 Å². The fourth-order valence-electron chi connectivity index (χ4n) is 1.98. The number of aromatic amines is 1. The molecule has 0 aliphatic rings. The molecule has 0 saturated heterocycles. The highest BCUT2D eigenvalue weighted by Gasteiger charge is 2.10. The van der Waals surface area contributed by atoms with Crippen LogP contribution >= 0.6 is 0 Å². The van der Waals surface area contributed by atoms with Crippen molar-refractivity contribution >= 4 is 0 Å². The van der Waals surface area contributed by atoms with Gasteiger partial charge in [-0.25, -0.2) is 4.98 Å². The molecule has 0 fully saturated rings. The Morgan fingerprint density at radius 1 is 1.29 bits per heavy atom. The summed E-state index contributed by atoms with van der Waals surface area (Å²) in [4.78, 5) is 7.13. The van der Waals surface area contributed by atoms with Gasteiger partial charge in [0.1, 0.15) is 5.82 Å². The lowest BCUT2D eigenvalue weighted by Gasteiger charge is -2.12. The Balaban J connectivity index is 2.02. The number of aryl methyl sites for hydroxylation is 2. The Hall–Kier alpha value is -1.61. The van der Waals surface area contributed by atoms with E-state index in [1.165, 1.54) is 16.7 Å². The second kappa shape index (κ2) is 5.15. The van der Waals surface area contributed by atoms with E-state index in [4.69, 9.17) is 0 Å². The number of rotatable bonds is 4. The highest BCUT2D eigenvalue weighted by molar-refractivity contribution is 5.31. The van der Waals surface area contributed by atoms with E-state index >= 15 is 0 Å². The summed E-state index contributed by atoms with van der Waals surface area (Å²) in [7, 11) is 0. The zero-order chi connectivity index (χ0) is 12.3. The lowest BCUT2D eigenvalue weighted by atomic mass is 9.99. The van der Waals surface area contributed by atoms with Gasteiger partial charge in [0.25, 0.3) is 0 Å². The molecule has 1 unspecified atom stereocenters. The largest absolute Gasteiger partial charge is 0.392 e. The van der Waals surface area contributed by atoms with Crippen molar-refractivity contribution in [3.8, 4) is 0 Å². The summed E-state index contributed by atoms with van der Waals surface area (Å²) < 4.78 is 0. The molecule has 0 bridgehead atoms. The van der Waals surface area contributed by atoms with Crippen LogP contribution in [-0.2, 0) is 12.8 Å². The van der Waals surface area contributed by atoms with Crippen LogP contribution in [-0.4, -0.2) is 21.2 Å². The van der Waals surface area contributed by atoms with Crippen molar-refractivity contribution in [2.24, 2.45) is 0 Å². The van der Waals surface area contributed by atoms with E-state index in [1.54, 1.807) is 12.4 Å². The summed E-state index contributed by atoms with van der Waals surface area (Å²) in [6, 6.07) is 6.34. The van der Waals surface area contributed by atoms with E-state index in [-0.39, 0.29) is 6.10 Å². The minimum Gasteiger partial charge on any atom is -0.392 e. The van der Waals surface area contributed by atoms with Crippen LogP contribution in [0.4, 0.5) is 0 Å². The first-order chi connectivity index (χ1) is 8.15. The van der Waals surface area contributed by atoms with Gasteiger partial charge in [-0.3, -0.25) is 0 Å². The van der Waals surface area contributed by atoms with Crippen LogP contribution in [0.1, 0.15) is 22.5 Å². The van der Waals surface area contributed by atoms with Crippen LogP contribution in [0.3, 0.4) is 0 Å². The number of aliphatic hydroxyl groups is 1. The fourth-order valence-corrected chi connectivity index (χ4v) is 1.98. The number of aliphatic hydroxyl groups excluding tert-OH is 1. The van der Waals surface area contributed by atoms with Gasteiger partial charge in [-0.15, -0.1) is 0 Å². The number of hydrogen-bond donors (Lipinski definition) is 2. The number of hydrogen-bond acceptors (Lipinski definition) is 2. The summed E-state index contributed by atoms with van der Waals surface area (Å²) in [5, 5.41) is 10.0. The number of nitrogens with one attached hydrogen (secondary N) is 1. The van der Waals surface area contributed by atoms with Gasteiger partial charge in [0.2, 0.25) is 0 Å². The van der Waals surface area contributed by atoms with Crippen LogP contribution in [0.2, 0.25) is 0 Å². The van der Waals surface area contributed by atoms with Crippen LogP contribution < -0.4 is 0 Å². The van der Waals surface area contributed by atoms with Gasteiger partial charge in [-0.1, -0.05) is 23.8 Å². The molecule has 2 N–H and O–H groups in total. The lowest BCUT2D eigenvalue weighted by molar-refractivity contribution is 0.173. The molecule has 0 amide bonds. The van der Waals surface area contributed by atoms with Crippen LogP contribution in [0.15, 0.2) is 30.6 Å². The minimum atomic E-state index is -0.387. The molecule has 0 saturated carbocycles. The highest BCUT2D eigenvalue weighted by atomic mass is 16.3. The Kier molecular flexibility index (Phi) is 3.59. The molecule has 0 aliphatic heterocycles. The first kappa shape index (κ1) is 11.9. The third-order valence-corrected chi connectivity index (χ3v) is 2.94. The SMILES string of the molecule is Cc1ccc(C)c(CC(O)Cc2ncc[nH]2)c1. The third kappa shape index (κ3) is 3.17. The molecule has 0 aliphatic carbocycles. The van der Waals surface area contributed by atoms with E-state index in [0.29, 0.717) is 12.8 Å². The number of H-pyrrole nitrogens is 1. The third-order valence-electron chi connectivity index (χ3n) is 2.94. The van der Waals surface area contributed by atoms with E-state index in [9.17, 15) is 5.11 Å². The molecule has 2 rings (SSSR count). The summed E-state index contributed by atoms with van der Waals surface area (Å²) in [6.07, 6.45) is 4.34. The molecule has 1 heterocycles. The Morgan fingerprint density at radius 3 is 2.82 bits per heavy atom. The van der Waals surface area contributed by atoms with E-state index in [2.05, 4.69) is 42.0 Å². The number of imidazole rings is 1. The van der Waals surface area contributed by atoms with Crippen LogP contribution in [0.25, 0.3) is 0 Å². The topological polar surface area (TPSA) is 48.9 Å². The number of aromatic nitrogens is 2. The fraction of sp³-hybridized carbons (Fsp3) is 0.357. The average Bonchev–Trinajstić information content (AvgIpc) is 2.76. The van der Waals surface area contributed by atoms with Gasteiger partial charge in [-0.2, -0.15) is 0 Å². The monoisotopic (exact) mass is 230 g/mol. The Bertz CT molecular complexity index is 477. The average molecular weight is 230 g/mol. The van der Waals surface area contributed by atoms with Crippen molar-refractivity contribution in [1.82, 2.24) is 9.97 Å². The molecule has 0 spiro atoms. The molecule has 17 heavy (non-hydrogen) atoms. The van der Waals surface area contributed by atoms with Crippen molar-refractivity contribution < 1.29 is 5.11 Å². The number of nitrogens with zero attached hydrogens (tertiary/aromatic N) is 1. The molecule has 0 radical (unpaired) electrons. The van der Waals surface area contributed by atoms with Gasteiger partial charge >= 0.3 is 0 Å². The van der Waals surface area contributed by atoms with Gasteiger partial charge in [0.15, 0.2) is 0 Å². The maximum Gasteiger partial charge on any atom is 0.108 e. The van der Waals surface area contributed by atoms with Gasteiger partial charge in [0, 0.05) is 18.8 Å². The summed E-state index contributed by atoms with van der Waals surface area (Å²) in [5.41, 5.74) is 3.67. The van der Waals surface area contributed by atoms with E-state index in [0.717, 1.165) is 5.82 Å². The van der Waals surface area contributed by atoms with Crippen LogP contribution in [0, 0.1) is 13.8 Å². The second-order valence-electron chi connectivity index (χ2n) is 4.53. The molecule has 3 nitrogen and oxygen atoms in total. The molecule has 1 aromatic heterocycles. The quantitative estimate of drug-likeness (QED) is 0.845. The number of benzene rings is 1. The maximum atomic E-state index is 10.0. The maximum absolute atomic E-state index is 10.0. The molecular weight excluding hydrogens is 212 g/mol. The Morgan fingerprint density at radius 2 is 2.12 bits per heavy atom. The molecule has 1 atom stereocenters. The summed E-state index contributed by atoms with van der Waals surface area (Å²) in [5.74, 6) is 0.836. The summed E-state index contributed by atoms with van der Waals surface area (Å²) in [6.45, 7) is 4.15. The lowest BCUT2D eigenvalue weighted by Crippen LogP contribution is -2.15. The zero-order valence-corrected chi connectivity index (χ0v) is 10.3. The first-order valence-electron chi connectivity index (χ1n) is 5.87. The van der Waals surface area contributed by atoms with Crippen molar-refractivity contribution in [2.75, 3.05) is 0 Å². The first-order valence-corrected chi connectivity index (χ1v) is 5.87. The molecule has 2 aromatic rings. The second-order valence-corrected chi connectivity index (χ2v) is 4.53. The van der Waals surface area contributed by atoms with E-state index < -0.39 is 0 Å². The highest BCUT2D eigenvalue weighted by Crippen LogP contribution is 2.14. The van der Waals surface area contributed by atoms with Gasteiger partial charge in [-0.05, 0) is 31.4 Å². The zero-order valence-electron chi connectivity index (χ0n) is 10.3.